The van der Waals surface area contributed by atoms with Gasteiger partial charge in [0.15, 0.2) is 0 Å². The summed E-state index contributed by atoms with van der Waals surface area (Å²) in [7, 11) is 1.71. The van der Waals surface area contributed by atoms with E-state index in [0.29, 0.717) is 12.5 Å². The second-order valence-electron chi connectivity index (χ2n) is 7.04. The molecule has 1 unspecified atom stereocenters. The first-order chi connectivity index (χ1) is 11.6. The molecular formula is C19H27N3O2. The molecule has 1 atom stereocenters. The monoisotopic (exact) mass is 329 g/mol. The zero-order valence-corrected chi connectivity index (χ0v) is 14.6. The Kier molecular flexibility index (Phi) is 5.19. The van der Waals surface area contributed by atoms with Crippen molar-refractivity contribution in [1.29, 1.82) is 0 Å². The molecule has 2 fully saturated rings. The van der Waals surface area contributed by atoms with Gasteiger partial charge in [0.25, 0.3) is 5.91 Å². The highest BCUT2D eigenvalue weighted by Crippen LogP contribution is 2.23. The molecule has 24 heavy (non-hydrogen) atoms. The second-order valence-corrected chi connectivity index (χ2v) is 7.04. The number of urea groups is 1. The van der Waals surface area contributed by atoms with E-state index in [1.54, 1.807) is 14.0 Å². The van der Waals surface area contributed by atoms with E-state index in [1.165, 1.54) is 15.4 Å². The normalized spacial score (nSPS) is 23.3. The van der Waals surface area contributed by atoms with Crippen LogP contribution in [0.3, 0.4) is 0 Å². The van der Waals surface area contributed by atoms with Crippen LogP contribution in [0.4, 0.5) is 4.79 Å². The molecule has 0 saturated carbocycles. The Morgan fingerprint density at radius 1 is 1.08 bits per heavy atom. The lowest BCUT2D eigenvalue weighted by Crippen LogP contribution is -2.41. The van der Waals surface area contributed by atoms with Crippen LogP contribution in [-0.4, -0.2) is 65.9 Å². The van der Waals surface area contributed by atoms with Crippen molar-refractivity contribution in [3.8, 4) is 0 Å². The van der Waals surface area contributed by atoms with E-state index in [9.17, 15) is 9.59 Å². The molecule has 2 aliphatic rings. The van der Waals surface area contributed by atoms with Crippen molar-refractivity contribution in [2.45, 2.75) is 32.2 Å². The standard InChI is InChI=1S/C19H27N3O2/c1-15-18(23)22(19(24)20(15)2)14-17-9-12-21(13-10-17)11-8-16-6-4-3-5-7-16/h3-7,15,17H,8-14H2,1-2H3. The molecule has 0 spiro atoms. The largest absolute Gasteiger partial charge is 0.327 e. The number of amides is 3. The molecular weight excluding hydrogens is 302 g/mol. The molecule has 0 N–H and O–H groups in total. The number of rotatable bonds is 5. The lowest BCUT2D eigenvalue weighted by atomic mass is 9.96. The molecule has 2 aliphatic heterocycles. The number of benzene rings is 1. The molecule has 130 valence electrons. The van der Waals surface area contributed by atoms with Crippen LogP contribution in [0.1, 0.15) is 25.3 Å². The van der Waals surface area contributed by atoms with Crippen molar-refractivity contribution in [3.05, 3.63) is 35.9 Å². The molecule has 0 bridgehead atoms. The molecule has 0 aromatic heterocycles. The minimum atomic E-state index is -0.316. The highest BCUT2D eigenvalue weighted by Gasteiger charge is 2.41. The summed E-state index contributed by atoms with van der Waals surface area (Å²) >= 11 is 0. The average molecular weight is 329 g/mol. The smallest absolute Gasteiger partial charge is 0.316 e. The molecule has 1 aromatic carbocycles. The predicted molar refractivity (Wildman–Crippen MR) is 93.6 cm³/mol. The van der Waals surface area contributed by atoms with Gasteiger partial charge in [0, 0.05) is 20.1 Å². The maximum atomic E-state index is 12.2. The molecule has 2 saturated heterocycles. The highest BCUT2D eigenvalue weighted by atomic mass is 16.2. The van der Waals surface area contributed by atoms with Gasteiger partial charge >= 0.3 is 6.03 Å². The van der Waals surface area contributed by atoms with Crippen molar-refractivity contribution in [2.24, 2.45) is 5.92 Å². The Bertz CT molecular complexity index is 562. The average Bonchev–Trinajstić information content (AvgIpc) is 2.80. The molecule has 3 rings (SSSR count). The van der Waals surface area contributed by atoms with Crippen LogP contribution in [-0.2, 0) is 11.2 Å². The number of hydrogen-bond donors (Lipinski definition) is 0. The molecule has 0 radical (unpaired) electrons. The Balaban J connectivity index is 1.44. The van der Waals surface area contributed by atoms with Gasteiger partial charge in [0.05, 0.1) is 0 Å². The third-order valence-electron chi connectivity index (χ3n) is 5.44. The Labute approximate surface area is 144 Å². The Morgan fingerprint density at radius 2 is 1.75 bits per heavy atom. The van der Waals surface area contributed by atoms with Gasteiger partial charge < -0.3 is 9.80 Å². The van der Waals surface area contributed by atoms with Crippen molar-refractivity contribution < 1.29 is 9.59 Å². The molecule has 0 aliphatic carbocycles. The number of likely N-dealkylation sites (N-methyl/N-ethyl adjacent to an activating group) is 1. The number of piperidine rings is 1. The second kappa shape index (κ2) is 7.34. The summed E-state index contributed by atoms with van der Waals surface area (Å²) in [6.45, 7) is 5.57. The number of likely N-dealkylation sites (tertiary alicyclic amines) is 1. The number of carbonyl (C=O) groups is 2. The maximum absolute atomic E-state index is 12.2. The van der Waals surface area contributed by atoms with E-state index < -0.39 is 0 Å². The van der Waals surface area contributed by atoms with E-state index in [4.69, 9.17) is 0 Å². The quantitative estimate of drug-likeness (QED) is 0.778. The lowest BCUT2D eigenvalue weighted by Gasteiger charge is -2.33. The van der Waals surface area contributed by atoms with E-state index in [1.807, 2.05) is 6.07 Å². The van der Waals surface area contributed by atoms with Gasteiger partial charge in [-0.15, -0.1) is 0 Å². The van der Waals surface area contributed by atoms with Crippen LogP contribution in [0.2, 0.25) is 0 Å². The van der Waals surface area contributed by atoms with E-state index in [0.717, 1.165) is 38.9 Å². The van der Waals surface area contributed by atoms with Crippen molar-refractivity contribution in [1.82, 2.24) is 14.7 Å². The van der Waals surface area contributed by atoms with Crippen molar-refractivity contribution in [3.63, 3.8) is 0 Å². The first kappa shape index (κ1) is 17.0. The number of imide groups is 1. The summed E-state index contributed by atoms with van der Waals surface area (Å²) in [4.78, 5) is 29.8. The van der Waals surface area contributed by atoms with Gasteiger partial charge in [0.1, 0.15) is 6.04 Å². The molecule has 3 amide bonds. The van der Waals surface area contributed by atoms with Crippen LogP contribution in [0.15, 0.2) is 30.3 Å². The number of hydrogen-bond acceptors (Lipinski definition) is 3. The SMILES string of the molecule is CC1C(=O)N(CC2CCN(CCc3ccccc3)CC2)C(=O)N1C. The van der Waals surface area contributed by atoms with E-state index >= 15 is 0 Å². The van der Waals surface area contributed by atoms with Crippen LogP contribution < -0.4 is 0 Å². The topological polar surface area (TPSA) is 43.9 Å². The Morgan fingerprint density at radius 3 is 2.33 bits per heavy atom. The van der Waals surface area contributed by atoms with E-state index in [2.05, 4.69) is 29.2 Å². The minimum absolute atomic E-state index is 0.0472. The molecule has 5 heteroatoms. The van der Waals surface area contributed by atoms with Gasteiger partial charge in [-0.25, -0.2) is 4.79 Å². The first-order valence-electron chi connectivity index (χ1n) is 8.90. The van der Waals surface area contributed by atoms with Crippen LogP contribution in [0.25, 0.3) is 0 Å². The van der Waals surface area contributed by atoms with Gasteiger partial charge in [-0.3, -0.25) is 9.69 Å². The summed E-state index contributed by atoms with van der Waals surface area (Å²) < 4.78 is 0. The first-order valence-corrected chi connectivity index (χ1v) is 8.90. The van der Waals surface area contributed by atoms with Gasteiger partial charge in [0.2, 0.25) is 0 Å². The van der Waals surface area contributed by atoms with E-state index in [-0.39, 0.29) is 18.0 Å². The summed E-state index contributed by atoms with van der Waals surface area (Å²) in [5, 5.41) is 0. The zero-order chi connectivity index (χ0) is 17.1. The molecule has 1 aromatic rings. The predicted octanol–water partition coefficient (Wildman–Crippen LogP) is 2.22. The molecule has 5 nitrogen and oxygen atoms in total. The summed E-state index contributed by atoms with van der Waals surface area (Å²) in [5.41, 5.74) is 1.38. The van der Waals surface area contributed by atoms with Crippen LogP contribution >= 0.6 is 0 Å². The maximum Gasteiger partial charge on any atom is 0.327 e. The van der Waals surface area contributed by atoms with Crippen molar-refractivity contribution >= 4 is 11.9 Å². The fourth-order valence-corrected chi connectivity index (χ4v) is 3.59. The minimum Gasteiger partial charge on any atom is -0.316 e. The summed E-state index contributed by atoms with van der Waals surface area (Å²) in [5.74, 6) is 0.388. The summed E-state index contributed by atoms with van der Waals surface area (Å²) in [6, 6.07) is 10.1. The highest BCUT2D eigenvalue weighted by molar-refractivity contribution is 6.03. The van der Waals surface area contributed by atoms with Gasteiger partial charge in [-0.05, 0) is 50.8 Å². The van der Waals surface area contributed by atoms with Crippen LogP contribution in [0, 0.1) is 5.92 Å². The summed E-state index contributed by atoms with van der Waals surface area (Å²) in [6.07, 6.45) is 3.20. The van der Waals surface area contributed by atoms with Crippen LogP contribution in [0.5, 0.6) is 0 Å². The number of carbonyl (C=O) groups excluding carboxylic acids is 2. The number of nitrogens with zero attached hydrogens (tertiary/aromatic N) is 3. The third-order valence-corrected chi connectivity index (χ3v) is 5.44. The fraction of sp³-hybridized carbons (Fsp3) is 0.579. The zero-order valence-electron chi connectivity index (χ0n) is 14.6. The van der Waals surface area contributed by atoms with Gasteiger partial charge in [-0.1, -0.05) is 30.3 Å². The molecule has 2 heterocycles. The lowest BCUT2D eigenvalue weighted by molar-refractivity contribution is -0.128. The van der Waals surface area contributed by atoms with Crippen molar-refractivity contribution in [2.75, 3.05) is 33.2 Å². The fourth-order valence-electron chi connectivity index (χ4n) is 3.59. The van der Waals surface area contributed by atoms with Gasteiger partial charge in [-0.2, -0.15) is 0 Å². The Hall–Kier alpha value is -1.88. The third kappa shape index (κ3) is 3.61.